The molecule has 7 heterocycles. The van der Waals surface area contributed by atoms with E-state index in [1.807, 2.05) is 84.9 Å². The fourth-order valence-corrected chi connectivity index (χ4v) is 4.86. The van der Waals surface area contributed by atoms with Crippen LogP contribution in [0.4, 0.5) is 0 Å². The minimum atomic E-state index is 0. The van der Waals surface area contributed by atoms with Gasteiger partial charge in [-0.25, -0.2) is 76.6 Å². The molecule has 0 N–H and O–H groups in total. The van der Waals surface area contributed by atoms with Crippen molar-refractivity contribution in [1.29, 1.82) is 0 Å². The third-order valence-electron chi connectivity index (χ3n) is 3.69. The first-order valence-corrected chi connectivity index (χ1v) is 17.4. The van der Waals surface area contributed by atoms with Crippen molar-refractivity contribution in [3.8, 4) is 0 Å². The number of hydrogen-bond acceptors (Lipinski definition) is 7. The molecule has 0 aliphatic rings. The van der Waals surface area contributed by atoms with Crippen molar-refractivity contribution in [2.24, 2.45) is 0 Å². The number of thiophene rings is 7. The van der Waals surface area contributed by atoms with Crippen molar-refractivity contribution >= 4 is 79.4 Å². The molecular weight excluding hydrogens is 2790 g/mol. The van der Waals surface area contributed by atoms with Crippen LogP contribution in [0.5, 0.6) is 0 Å². The van der Waals surface area contributed by atoms with Crippen molar-refractivity contribution in [2.75, 3.05) is 0 Å². The van der Waals surface area contributed by atoms with Gasteiger partial charge in [0.2, 0.25) is 0 Å². The molecule has 0 atom stereocenters. The van der Waals surface area contributed by atoms with Crippen molar-refractivity contribution in [3.63, 3.8) is 0 Å². The van der Waals surface area contributed by atoms with Crippen LogP contribution >= 0.6 is 79.4 Å². The quantitative estimate of drug-likeness (QED) is 0.133. The molecule has 0 spiro atoms. The third kappa shape index (κ3) is 80.9. The van der Waals surface area contributed by atoms with Gasteiger partial charge in [-0.2, -0.15) is 42.5 Å². The van der Waals surface area contributed by atoms with E-state index in [0.717, 1.165) is 34.1 Å². The summed E-state index contributed by atoms with van der Waals surface area (Å²) in [7, 11) is 0. The average molecular weight is 2820 g/mol. The van der Waals surface area contributed by atoms with E-state index < -0.39 is 0 Å². The van der Waals surface area contributed by atoms with Crippen LogP contribution in [-0.2, 0) is 416 Å². The van der Waals surface area contributed by atoms with E-state index in [9.17, 15) is 0 Å². The minimum Gasteiger partial charge on any atom is -0.316 e. The molecule has 0 saturated carbocycles. The van der Waals surface area contributed by atoms with Crippen LogP contribution in [0.25, 0.3) is 0 Å². The summed E-state index contributed by atoms with van der Waals surface area (Å²) in [5.41, 5.74) is 0. The van der Waals surface area contributed by atoms with Gasteiger partial charge in [-0.3, -0.25) is 48.5 Å². The Bertz CT molecular complexity index is 1140. The minimum absolute atomic E-state index is 0. The fraction of sp³-hybridized carbons (Fsp3) is 0. The van der Waals surface area contributed by atoms with Gasteiger partial charge in [0, 0.05) is 318 Å². The van der Waals surface area contributed by atoms with Gasteiger partial charge in [0.05, 0.1) is 0 Å². The SMILES string of the molecule is [CH2-]c1cc[c-]s1.[CH2-]c1cc[c-]s1.[CH2-]c1cc[c-]s1.[CH2-]c1cc[c-]s1.[CH2-]c1cc[c-]s1.[CH2-]c1cc[c-]s1.[CH2-]c1cc[c-]s1.[V].[W].[W].[W].[W].[W].[W].[W].[W].[Y+3].[Y+3].[Y+3].[Y].[Y].[Y].[Y]. The zero-order valence-electron chi connectivity index (χ0n) is 30.6. The van der Waals surface area contributed by atoms with Gasteiger partial charge in [0.15, 0.2) is 0 Å². The number of hydrogen-bond donors (Lipinski definition) is 0. The molecule has 7 rings (SSSR count). The van der Waals surface area contributed by atoms with Crippen molar-refractivity contribution in [2.45, 2.75) is 0 Å². The maximum Gasteiger partial charge on any atom is 3.00 e. The van der Waals surface area contributed by atoms with Crippen molar-refractivity contribution in [1.82, 2.24) is 0 Å². The molecule has 0 unspecified atom stereocenters. The largest absolute Gasteiger partial charge is 3.00 e. The Morgan fingerprint density at radius 1 is 0.259 bits per heavy atom. The van der Waals surface area contributed by atoms with Gasteiger partial charge >= 0.3 is 98.1 Å². The molecule has 0 amide bonds. The van der Waals surface area contributed by atoms with Crippen LogP contribution < -0.4 is 0 Å². The number of rotatable bonds is 0. The standard InChI is InChI=1S/7C5H4S.V.8W.7Y/c7*1-5-3-2-4-6-5;;;;;;;;;;;;;;;;/h7*2-3H,1H2;;;;;;;;;;;;;;;;/q7*-2;;;;;;;;;;;;;;3*+3. The summed E-state index contributed by atoms with van der Waals surface area (Å²) < 4.78 is 0. The van der Waals surface area contributed by atoms with E-state index in [2.05, 4.69) is 86.1 Å². The second-order valence-electron chi connectivity index (χ2n) is 7.14. The molecule has 0 aliphatic heterocycles. The van der Waals surface area contributed by atoms with Crippen LogP contribution in [0.3, 0.4) is 0 Å². The van der Waals surface area contributed by atoms with E-state index in [1.165, 1.54) is 0 Å². The van der Waals surface area contributed by atoms with Crippen molar-refractivity contribution < 1.29 is 416 Å². The zero-order valence-corrected chi connectivity index (χ0v) is 81.1. The van der Waals surface area contributed by atoms with E-state index in [1.54, 1.807) is 79.4 Å². The fourth-order valence-electron chi connectivity index (χ4n) is 1.89. The van der Waals surface area contributed by atoms with Crippen LogP contribution in [-0.4, -0.2) is 0 Å². The maximum absolute atomic E-state index is 3.67. The molecule has 7 aromatic rings. The molecule has 0 saturated heterocycles. The molecule has 0 nitrogen and oxygen atoms in total. The zero-order chi connectivity index (χ0) is 30.8. The van der Waals surface area contributed by atoms with Gasteiger partial charge < -0.3 is 79.4 Å². The Labute approximate surface area is 683 Å². The summed E-state index contributed by atoms with van der Waals surface area (Å²) in [6.07, 6.45) is 0. The normalized spacial score (nSPS) is 6.28. The molecule has 0 aliphatic carbocycles. The molecule has 0 fully saturated rings. The molecule has 58 heavy (non-hydrogen) atoms. The predicted molar refractivity (Wildman–Crippen MR) is 193 cm³/mol. The molecule has 7 aromatic heterocycles. The second-order valence-corrected chi connectivity index (χ2v) is 13.9. The summed E-state index contributed by atoms with van der Waals surface area (Å²) in [6.45, 7) is 25.7. The molecule has 0 aromatic carbocycles. The first kappa shape index (κ1) is 113. The molecule has 0 bridgehead atoms. The summed E-state index contributed by atoms with van der Waals surface area (Å²) in [4.78, 5) is 7.55. The predicted octanol–water partition coefficient (Wildman–Crippen LogP) is 12.1. The maximum atomic E-state index is 3.67. The molecule has 5 radical (unpaired) electrons. The second kappa shape index (κ2) is 84.6. The molecular formula is C35H28S7VW8Y7-5. The smallest absolute Gasteiger partial charge is 0.316 e. The van der Waals surface area contributed by atoms with Gasteiger partial charge in [-0.1, -0.05) is 0 Å². The van der Waals surface area contributed by atoms with E-state index in [4.69, 9.17) is 0 Å². The van der Waals surface area contributed by atoms with E-state index >= 15 is 0 Å². The molecule has 23 heteroatoms. The van der Waals surface area contributed by atoms with Gasteiger partial charge in [-0.05, 0) is 0 Å². The van der Waals surface area contributed by atoms with Crippen LogP contribution in [0.15, 0.2) is 84.9 Å². The Kier molecular flexibility index (Phi) is 165. The summed E-state index contributed by atoms with van der Waals surface area (Å²) >= 11 is 10.8. The van der Waals surface area contributed by atoms with Gasteiger partial charge in [0.25, 0.3) is 0 Å². The van der Waals surface area contributed by atoms with Crippen LogP contribution in [0.2, 0.25) is 0 Å². The molecule has 289 valence electrons. The topological polar surface area (TPSA) is 0 Å². The Morgan fingerprint density at radius 2 is 0.345 bits per heavy atom. The first-order valence-electron chi connectivity index (χ1n) is 11.7. The Balaban J connectivity index is -0.0000000242. The Hall–Kier alpha value is 10.8. The van der Waals surface area contributed by atoms with E-state index in [-0.39, 0.29) is 416 Å². The monoisotopic (exact) mass is 2820 g/mol. The summed E-state index contributed by atoms with van der Waals surface area (Å²) in [5, 5.41) is 20.4. The van der Waals surface area contributed by atoms with Crippen LogP contribution in [0.1, 0.15) is 34.1 Å². The third-order valence-corrected chi connectivity index (χ3v) is 8.26. The average Bonchev–Trinajstić information content (AvgIpc) is 3.79. The first-order chi connectivity index (χ1) is 20.3. The van der Waals surface area contributed by atoms with E-state index in [0.29, 0.717) is 0 Å². The Morgan fingerprint density at radius 3 is 0.362 bits per heavy atom. The summed E-state index contributed by atoms with van der Waals surface area (Å²) in [5.74, 6) is 0. The van der Waals surface area contributed by atoms with Gasteiger partial charge in [0.1, 0.15) is 0 Å². The van der Waals surface area contributed by atoms with Crippen molar-refractivity contribution in [3.05, 3.63) is 205 Å². The van der Waals surface area contributed by atoms with Gasteiger partial charge in [-0.15, -0.1) is 37.7 Å². The summed E-state index contributed by atoms with van der Waals surface area (Å²) in [6, 6.07) is 26.6. The van der Waals surface area contributed by atoms with Crippen LogP contribution in [0, 0.1) is 86.1 Å².